The van der Waals surface area contributed by atoms with Crippen LogP contribution >= 0.6 is 11.6 Å². The first-order chi connectivity index (χ1) is 8.97. The molecule has 1 atom stereocenters. The van der Waals surface area contributed by atoms with Gasteiger partial charge >= 0.3 is 0 Å². The molecule has 19 heavy (non-hydrogen) atoms. The van der Waals surface area contributed by atoms with E-state index in [9.17, 15) is 5.11 Å². The Hall–Kier alpha value is -1.17. The van der Waals surface area contributed by atoms with Crippen LogP contribution in [0.5, 0.6) is 11.5 Å². The lowest BCUT2D eigenvalue weighted by molar-refractivity contribution is 0.148. The number of aliphatic hydroxyl groups excluding tert-OH is 1. The highest BCUT2D eigenvalue weighted by Crippen LogP contribution is 2.35. The molecular weight excluding hydrogens is 268 g/mol. The van der Waals surface area contributed by atoms with Crippen LogP contribution in [0.2, 0.25) is 5.02 Å². The predicted molar refractivity (Wildman–Crippen MR) is 77.6 cm³/mol. The first kappa shape index (κ1) is 15.9. The largest absolute Gasteiger partial charge is 0.495 e. The van der Waals surface area contributed by atoms with Crippen LogP contribution < -0.4 is 14.8 Å². The van der Waals surface area contributed by atoms with Crippen LogP contribution in [0.1, 0.15) is 0 Å². The van der Waals surface area contributed by atoms with Crippen LogP contribution in [-0.4, -0.2) is 57.5 Å². The standard InChI is InChI=1S/C13H21ClN2O3/c1-16(2)8-9(17)7-15-11-5-10(14)12(18-3)6-13(11)19-4/h5-6,9,15,17H,7-8H2,1-4H3. The molecular formula is C13H21ClN2O3. The molecule has 0 amide bonds. The average Bonchev–Trinajstić information content (AvgIpc) is 2.35. The average molecular weight is 289 g/mol. The Morgan fingerprint density at radius 2 is 1.89 bits per heavy atom. The summed E-state index contributed by atoms with van der Waals surface area (Å²) in [6.07, 6.45) is -0.472. The Labute approximate surface area is 119 Å². The van der Waals surface area contributed by atoms with E-state index < -0.39 is 6.10 Å². The third-order valence-corrected chi connectivity index (χ3v) is 2.87. The molecule has 0 fully saturated rings. The highest BCUT2D eigenvalue weighted by Gasteiger charge is 2.11. The van der Waals surface area contributed by atoms with Crippen molar-refractivity contribution in [2.75, 3.05) is 46.7 Å². The van der Waals surface area contributed by atoms with Gasteiger partial charge in [-0.25, -0.2) is 0 Å². The fourth-order valence-electron chi connectivity index (χ4n) is 1.71. The summed E-state index contributed by atoms with van der Waals surface area (Å²) in [7, 11) is 6.95. The van der Waals surface area contributed by atoms with Gasteiger partial charge in [0.2, 0.25) is 0 Å². The predicted octanol–water partition coefficient (Wildman–Crippen LogP) is 1.69. The molecule has 0 radical (unpaired) electrons. The molecule has 5 nitrogen and oxygen atoms in total. The van der Waals surface area contributed by atoms with Crippen molar-refractivity contribution >= 4 is 17.3 Å². The van der Waals surface area contributed by atoms with Crippen molar-refractivity contribution in [1.82, 2.24) is 4.90 Å². The molecule has 0 bridgehead atoms. The van der Waals surface area contributed by atoms with Gasteiger partial charge in [-0.1, -0.05) is 11.6 Å². The number of ether oxygens (including phenoxy) is 2. The summed E-state index contributed by atoms with van der Waals surface area (Å²) in [5.74, 6) is 1.18. The Kier molecular flexibility index (Phi) is 6.21. The minimum absolute atomic E-state index is 0.414. The number of aliphatic hydroxyl groups is 1. The summed E-state index contributed by atoms with van der Waals surface area (Å²) in [5.41, 5.74) is 0.728. The maximum absolute atomic E-state index is 9.81. The zero-order valence-corrected chi connectivity index (χ0v) is 12.5. The summed E-state index contributed by atoms with van der Waals surface area (Å²) in [5, 5.41) is 13.4. The number of likely N-dealkylation sites (N-methyl/N-ethyl adjacent to an activating group) is 1. The summed E-state index contributed by atoms with van der Waals surface area (Å²) >= 11 is 6.07. The molecule has 6 heteroatoms. The minimum Gasteiger partial charge on any atom is -0.495 e. The zero-order valence-electron chi connectivity index (χ0n) is 11.7. The van der Waals surface area contributed by atoms with Crippen LogP contribution in [0.15, 0.2) is 12.1 Å². The van der Waals surface area contributed by atoms with Gasteiger partial charge in [-0.3, -0.25) is 0 Å². The third kappa shape index (κ3) is 4.78. The number of nitrogens with zero attached hydrogens (tertiary/aromatic N) is 1. The molecule has 0 aromatic heterocycles. The molecule has 0 saturated heterocycles. The molecule has 0 spiro atoms. The lowest BCUT2D eigenvalue weighted by Crippen LogP contribution is -2.31. The van der Waals surface area contributed by atoms with Crippen molar-refractivity contribution in [3.8, 4) is 11.5 Å². The lowest BCUT2D eigenvalue weighted by atomic mass is 10.2. The maximum Gasteiger partial charge on any atom is 0.145 e. The number of methoxy groups -OCH3 is 2. The minimum atomic E-state index is -0.472. The fourth-order valence-corrected chi connectivity index (χ4v) is 1.95. The molecule has 1 rings (SSSR count). The summed E-state index contributed by atoms with van der Waals surface area (Å²) in [4.78, 5) is 1.92. The van der Waals surface area contributed by atoms with Gasteiger partial charge in [0.25, 0.3) is 0 Å². The lowest BCUT2D eigenvalue weighted by Gasteiger charge is -2.18. The second-order valence-electron chi connectivity index (χ2n) is 4.48. The van der Waals surface area contributed by atoms with E-state index in [2.05, 4.69) is 5.32 Å². The normalized spacial score (nSPS) is 12.4. The number of anilines is 1. The van der Waals surface area contributed by atoms with E-state index in [0.29, 0.717) is 29.6 Å². The molecule has 0 heterocycles. The summed E-state index contributed by atoms with van der Waals surface area (Å²) < 4.78 is 10.4. The molecule has 1 aromatic rings. The van der Waals surface area contributed by atoms with Crippen molar-refractivity contribution in [2.45, 2.75) is 6.10 Å². The summed E-state index contributed by atoms with van der Waals surface area (Å²) in [6.45, 7) is 0.996. The topological polar surface area (TPSA) is 54.0 Å². The molecule has 0 saturated carbocycles. The van der Waals surface area contributed by atoms with Gasteiger partial charge < -0.3 is 24.8 Å². The van der Waals surface area contributed by atoms with Crippen LogP contribution in [0.4, 0.5) is 5.69 Å². The van der Waals surface area contributed by atoms with Crippen LogP contribution in [0, 0.1) is 0 Å². The number of hydrogen-bond acceptors (Lipinski definition) is 5. The van der Waals surface area contributed by atoms with Crippen molar-refractivity contribution < 1.29 is 14.6 Å². The molecule has 2 N–H and O–H groups in total. The Morgan fingerprint density at radius 3 is 2.42 bits per heavy atom. The number of halogens is 1. The highest BCUT2D eigenvalue weighted by molar-refractivity contribution is 6.32. The third-order valence-electron chi connectivity index (χ3n) is 2.58. The van der Waals surface area contributed by atoms with Crippen LogP contribution in [-0.2, 0) is 0 Å². The number of nitrogens with one attached hydrogen (secondary N) is 1. The summed E-state index contributed by atoms with van der Waals surface area (Å²) in [6, 6.07) is 3.44. The maximum atomic E-state index is 9.81. The number of benzene rings is 1. The number of hydrogen-bond donors (Lipinski definition) is 2. The molecule has 108 valence electrons. The second kappa shape index (κ2) is 7.43. The Morgan fingerprint density at radius 1 is 1.26 bits per heavy atom. The highest BCUT2D eigenvalue weighted by atomic mass is 35.5. The molecule has 0 aliphatic carbocycles. The molecule has 0 aliphatic heterocycles. The molecule has 0 aliphatic rings. The first-order valence-electron chi connectivity index (χ1n) is 5.96. The van der Waals surface area contributed by atoms with E-state index in [4.69, 9.17) is 21.1 Å². The van der Waals surface area contributed by atoms with Gasteiger partial charge in [0, 0.05) is 19.2 Å². The van der Waals surface area contributed by atoms with Gasteiger partial charge in [0.1, 0.15) is 11.5 Å². The Balaban J connectivity index is 2.74. The van der Waals surface area contributed by atoms with E-state index in [-0.39, 0.29) is 0 Å². The van der Waals surface area contributed by atoms with E-state index in [0.717, 1.165) is 5.69 Å². The van der Waals surface area contributed by atoms with E-state index in [1.165, 1.54) is 0 Å². The van der Waals surface area contributed by atoms with Gasteiger partial charge in [-0.15, -0.1) is 0 Å². The van der Waals surface area contributed by atoms with E-state index in [1.54, 1.807) is 26.4 Å². The second-order valence-corrected chi connectivity index (χ2v) is 4.89. The van der Waals surface area contributed by atoms with Crippen molar-refractivity contribution in [3.05, 3.63) is 17.2 Å². The van der Waals surface area contributed by atoms with Gasteiger partial charge in [-0.05, 0) is 20.2 Å². The van der Waals surface area contributed by atoms with Crippen LogP contribution in [0.3, 0.4) is 0 Å². The van der Waals surface area contributed by atoms with E-state index in [1.807, 2.05) is 19.0 Å². The number of rotatable bonds is 7. The monoisotopic (exact) mass is 288 g/mol. The fraction of sp³-hybridized carbons (Fsp3) is 0.538. The van der Waals surface area contributed by atoms with Crippen molar-refractivity contribution in [3.63, 3.8) is 0 Å². The SMILES string of the molecule is COc1cc(OC)c(NCC(O)CN(C)C)cc1Cl. The van der Waals surface area contributed by atoms with Gasteiger partial charge in [0.15, 0.2) is 0 Å². The van der Waals surface area contributed by atoms with Gasteiger partial charge in [-0.2, -0.15) is 0 Å². The zero-order chi connectivity index (χ0) is 14.4. The smallest absolute Gasteiger partial charge is 0.145 e. The molecule has 1 aromatic carbocycles. The Bertz CT molecular complexity index is 413. The van der Waals surface area contributed by atoms with Crippen molar-refractivity contribution in [1.29, 1.82) is 0 Å². The first-order valence-corrected chi connectivity index (χ1v) is 6.34. The quantitative estimate of drug-likeness (QED) is 0.800. The van der Waals surface area contributed by atoms with Gasteiger partial charge in [0.05, 0.1) is 31.0 Å². The van der Waals surface area contributed by atoms with E-state index >= 15 is 0 Å². The van der Waals surface area contributed by atoms with Crippen LogP contribution in [0.25, 0.3) is 0 Å². The van der Waals surface area contributed by atoms with Crippen molar-refractivity contribution in [2.24, 2.45) is 0 Å². The molecule has 1 unspecified atom stereocenters.